The molecular weight excluding hydrogens is 456 g/mol. The van der Waals surface area contributed by atoms with Crippen molar-refractivity contribution in [3.05, 3.63) is 39.9 Å². The molecule has 1 aromatic carbocycles. The Morgan fingerprint density at radius 2 is 2.09 bits per heavy atom. The minimum atomic E-state index is -2.61. The van der Waals surface area contributed by atoms with E-state index in [2.05, 4.69) is 10.6 Å². The van der Waals surface area contributed by atoms with E-state index in [4.69, 9.17) is 10.00 Å². The fourth-order valence-corrected chi connectivity index (χ4v) is 8.88. The fourth-order valence-electron chi connectivity index (χ4n) is 3.16. The summed E-state index contributed by atoms with van der Waals surface area (Å²) in [6.45, 7) is 3.49. The molecule has 2 rings (SSSR count). The molecule has 0 spiro atoms. The van der Waals surface area contributed by atoms with Crippen LogP contribution >= 0.6 is 21.8 Å². The summed E-state index contributed by atoms with van der Waals surface area (Å²) in [6.07, 6.45) is 1.47. The minimum Gasteiger partial charge on any atom is -0.453 e. The number of hydrogen-bond acceptors (Lipinski definition) is 9. The highest BCUT2D eigenvalue weighted by Crippen LogP contribution is 2.59. The third-order valence-corrected chi connectivity index (χ3v) is 10.9. The van der Waals surface area contributed by atoms with E-state index in [1.165, 1.54) is 43.0 Å². The monoisotopic (exact) mass is 482 g/mol. The molecule has 0 radical (unpaired) electrons. The van der Waals surface area contributed by atoms with Gasteiger partial charge in [0.25, 0.3) is 5.69 Å². The van der Waals surface area contributed by atoms with Crippen molar-refractivity contribution in [2.24, 2.45) is 0 Å². The second-order valence-electron chi connectivity index (χ2n) is 7.13. The van der Waals surface area contributed by atoms with Crippen LogP contribution in [0.4, 0.5) is 10.5 Å². The molecule has 1 fully saturated rings. The number of nitro groups is 1. The van der Waals surface area contributed by atoms with Crippen LogP contribution in [-0.4, -0.2) is 50.0 Å². The number of ether oxygens (including phenoxy) is 1. The molecule has 174 valence electrons. The topological polar surface area (TPSA) is 151 Å². The van der Waals surface area contributed by atoms with Gasteiger partial charge in [0.2, 0.25) is 5.91 Å². The Kier molecular flexibility index (Phi) is 9.49. The van der Waals surface area contributed by atoms with E-state index < -0.39 is 25.5 Å². The Morgan fingerprint density at radius 1 is 1.41 bits per heavy atom. The number of rotatable bonds is 9. The van der Waals surface area contributed by atoms with Crippen LogP contribution < -0.4 is 10.6 Å². The van der Waals surface area contributed by atoms with Crippen LogP contribution in [0.3, 0.4) is 0 Å². The van der Waals surface area contributed by atoms with Crippen molar-refractivity contribution in [2.45, 2.75) is 43.9 Å². The second kappa shape index (κ2) is 11.8. The van der Waals surface area contributed by atoms with Crippen molar-refractivity contribution in [3.63, 3.8) is 0 Å². The first-order valence-electron chi connectivity index (χ1n) is 9.92. The zero-order valence-electron chi connectivity index (χ0n) is 17.9. The van der Waals surface area contributed by atoms with E-state index in [9.17, 15) is 24.5 Å². The van der Waals surface area contributed by atoms with Crippen LogP contribution in [0.5, 0.6) is 0 Å². The first-order valence-corrected chi connectivity index (χ1v) is 12.8. The van der Waals surface area contributed by atoms with Gasteiger partial charge in [-0.25, -0.2) is 4.79 Å². The van der Waals surface area contributed by atoms with Crippen LogP contribution in [0, 0.1) is 21.4 Å². The number of nitriles is 1. The van der Waals surface area contributed by atoms with Gasteiger partial charge < -0.3 is 15.4 Å². The lowest BCUT2D eigenvalue weighted by Gasteiger charge is -2.39. The van der Waals surface area contributed by atoms with E-state index in [-0.39, 0.29) is 40.3 Å². The molecule has 0 saturated carbocycles. The van der Waals surface area contributed by atoms with Crippen molar-refractivity contribution in [3.8, 4) is 6.07 Å². The first kappa shape index (κ1) is 25.6. The summed E-state index contributed by atoms with van der Waals surface area (Å²) >= 11 is 1.19. The zero-order valence-corrected chi connectivity index (χ0v) is 19.5. The Balaban J connectivity index is 2.16. The lowest BCUT2D eigenvalue weighted by molar-refractivity contribution is -0.384. The molecular formula is C20H26N4O6S2. The summed E-state index contributed by atoms with van der Waals surface area (Å²) in [5.41, 5.74) is 0.496. The quantitative estimate of drug-likeness (QED) is 0.234. The zero-order chi connectivity index (χ0) is 23.7. The molecule has 1 aromatic rings. The third-order valence-electron chi connectivity index (χ3n) is 5.03. The number of nitro benzene ring substituents is 1. The number of nitrogens with one attached hydrogen (secondary N) is 2. The summed E-state index contributed by atoms with van der Waals surface area (Å²) in [6, 6.07) is 7.49. The van der Waals surface area contributed by atoms with Gasteiger partial charge in [0.1, 0.15) is 13.2 Å². The molecule has 1 heterocycles. The van der Waals surface area contributed by atoms with Gasteiger partial charge in [0.15, 0.2) is 5.12 Å². The molecule has 1 aliphatic rings. The molecule has 1 amide bonds. The molecule has 3 atom stereocenters. The molecule has 0 aliphatic carbocycles. The summed E-state index contributed by atoms with van der Waals surface area (Å²) in [5, 5.41) is 23.5. The van der Waals surface area contributed by atoms with Gasteiger partial charge in [-0.3, -0.25) is 19.7 Å². The average Bonchev–Trinajstić information content (AvgIpc) is 3.31. The summed E-state index contributed by atoms with van der Waals surface area (Å²) in [4.78, 5) is 48.5. The van der Waals surface area contributed by atoms with Gasteiger partial charge in [-0.2, -0.15) is 5.26 Å². The molecule has 1 aliphatic heterocycles. The number of hydrogen-bond donors (Lipinski definition) is 2. The third kappa shape index (κ3) is 6.21. The number of benzene rings is 1. The highest BCUT2D eigenvalue weighted by Gasteiger charge is 2.47. The standard InChI is InChI=1S/C20H26N4O6S2/c1-14(19(26)23-11-9-21)31-13-32(15(2)25,18-4-3-10-22-18)20(27)30-12-16-5-7-17(8-6-16)24(28)29/h5-8,14,18,22H,3-4,10-13H2,1-2H3,(H,23,26)/t14-,18-/m0/s1. The number of thioether (sulfide) groups is 1. The number of amides is 1. The van der Waals surface area contributed by atoms with Gasteiger partial charge in [-0.1, -0.05) is 10.0 Å². The van der Waals surface area contributed by atoms with Crippen LogP contribution in [0.25, 0.3) is 0 Å². The Labute approximate surface area is 191 Å². The van der Waals surface area contributed by atoms with E-state index in [1.54, 1.807) is 6.92 Å². The van der Waals surface area contributed by atoms with Crippen molar-refractivity contribution < 1.29 is 24.0 Å². The van der Waals surface area contributed by atoms with E-state index in [0.717, 1.165) is 6.42 Å². The van der Waals surface area contributed by atoms with E-state index in [0.29, 0.717) is 18.5 Å². The predicted octanol–water partition coefficient (Wildman–Crippen LogP) is 3.01. The van der Waals surface area contributed by atoms with Crippen LogP contribution in [0.15, 0.2) is 24.3 Å². The summed E-state index contributed by atoms with van der Waals surface area (Å²) < 4.78 is 5.54. The smallest absolute Gasteiger partial charge is 0.358 e. The maximum Gasteiger partial charge on any atom is 0.358 e. The van der Waals surface area contributed by atoms with Crippen molar-refractivity contribution in [2.75, 3.05) is 18.2 Å². The van der Waals surface area contributed by atoms with Gasteiger partial charge in [0.05, 0.1) is 21.6 Å². The molecule has 12 heteroatoms. The fraction of sp³-hybridized carbons (Fsp3) is 0.500. The van der Waals surface area contributed by atoms with E-state index in [1.807, 2.05) is 6.07 Å². The Hall–Kier alpha value is -2.62. The van der Waals surface area contributed by atoms with Crippen LogP contribution in [-0.2, 0) is 20.9 Å². The molecule has 10 nitrogen and oxygen atoms in total. The normalized spacial score (nSPS) is 19.1. The van der Waals surface area contributed by atoms with Crippen molar-refractivity contribution >= 4 is 43.8 Å². The number of nitrogens with zero attached hydrogens (tertiary/aromatic N) is 2. The molecule has 1 saturated heterocycles. The Bertz CT molecular complexity index is 898. The second-order valence-corrected chi connectivity index (χ2v) is 12.2. The Morgan fingerprint density at radius 3 is 2.62 bits per heavy atom. The SMILES string of the molecule is CC(=O)S(CS[C@@H](C)C(=O)NCC#N)(C(=O)OCc1ccc([N+](=O)[O-])cc1)[C@H]1CCCN1. The lowest BCUT2D eigenvalue weighted by Crippen LogP contribution is -2.39. The molecule has 32 heavy (non-hydrogen) atoms. The predicted molar refractivity (Wildman–Crippen MR) is 123 cm³/mol. The van der Waals surface area contributed by atoms with Crippen LogP contribution in [0.1, 0.15) is 32.3 Å². The van der Waals surface area contributed by atoms with Gasteiger partial charge in [-0.05, 0) is 44.0 Å². The van der Waals surface area contributed by atoms with Gasteiger partial charge in [-0.15, -0.1) is 11.8 Å². The number of non-ortho nitro benzene ring substituents is 1. The lowest BCUT2D eigenvalue weighted by atomic mass is 10.2. The number of carbonyl (C=O) groups excluding carboxylic acids is 3. The van der Waals surface area contributed by atoms with Crippen LogP contribution in [0.2, 0.25) is 0 Å². The maximum atomic E-state index is 13.3. The number of carbonyl (C=O) groups is 3. The summed E-state index contributed by atoms with van der Waals surface area (Å²) in [7, 11) is -2.61. The minimum absolute atomic E-state index is 0.0704. The maximum absolute atomic E-state index is 13.3. The highest BCUT2D eigenvalue weighted by atomic mass is 32.3. The van der Waals surface area contributed by atoms with Crippen molar-refractivity contribution in [1.82, 2.24) is 10.6 Å². The summed E-state index contributed by atoms with van der Waals surface area (Å²) in [5.74, 6) is -0.341. The largest absolute Gasteiger partial charge is 0.453 e. The molecule has 0 aromatic heterocycles. The van der Waals surface area contributed by atoms with Gasteiger partial charge in [0, 0.05) is 24.1 Å². The molecule has 1 unspecified atom stereocenters. The first-order chi connectivity index (χ1) is 15.2. The van der Waals surface area contributed by atoms with Crippen molar-refractivity contribution in [1.29, 1.82) is 5.26 Å². The van der Waals surface area contributed by atoms with Gasteiger partial charge >= 0.3 is 5.30 Å². The van der Waals surface area contributed by atoms with E-state index >= 15 is 0 Å². The molecule has 0 bridgehead atoms. The average molecular weight is 483 g/mol. The molecule has 2 N–H and O–H groups in total. The highest BCUT2D eigenvalue weighted by molar-refractivity contribution is 8.59.